The lowest BCUT2D eigenvalue weighted by molar-refractivity contribution is -0.114. The van der Waals surface area contributed by atoms with Crippen molar-refractivity contribution in [3.63, 3.8) is 0 Å². The predicted octanol–water partition coefficient (Wildman–Crippen LogP) is 3.66. The molecule has 160 valence electrons. The number of hydrazone groups is 1. The number of benzene rings is 2. The van der Waals surface area contributed by atoms with Crippen molar-refractivity contribution in [2.45, 2.75) is 18.1 Å². The van der Waals surface area contributed by atoms with E-state index >= 15 is 0 Å². The molecule has 3 aromatic rings. The van der Waals surface area contributed by atoms with Crippen molar-refractivity contribution < 1.29 is 18.0 Å². The number of sulfonamides is 1. The third kappa shape index (κ3) is 5.77. The minimum absolute atomic E-state index is 0.131. The molecule has 0 radical (unpaired) electrons. The molecule has 0 spiro atoms. The highest BCUT2D eigenvalue weighted by molar-refractivity contribution is 7.94. The molecule has 0 atom stereocenters. The molecule has 0 aliphatic carbocycles. The molecule has 0 fully saturated rings. The third-order valence-electron chi connectivity index (χ3n) is 4.10. The molecule has 2 aromatic carbocycles. The maximum absolute atomic E-state index is 12.7. The number of anilines is 2. The zero-order chi connectivity index (χ0) is 22.4. The number of rotatable bonds is 7. The largest absolute Gasteiger partial charge is 0.326 e. The molecule has 3 N–H and O–H groups in total. The van der Waals surface area contributed by atoms with Crippen molar-refractivity contribution in [1.29, 1.82) is 0 Å². The maximum Gasteiger partial charge on any atom is 0.273 e. The summed E-state index contributed by atoms with van der Waals surface area (Å²) in [6.07, 6.45) is 0. The molecule has 0 aliphatic rings. The molecule has 1 heterocycles. The lowest BCUT2D eigenvalue weighted by Crippen LogP contribution is -2.22. The van der Waals surface area contributed by atoms with E-state index in [0.29, 0.717) is 17.0 Å². The highest BCUT2D eigenvalue weighted by atomic mass is 32.2. The number of para-hydroxylation sites is 1. The first-order chi connectivity index (χ1) is 14.8. The van der Waals surface area contributed by atoms with Gasteiger partial charge < -0.3 is 5.32 Å². The molecule has 2 amide bonds. The van der Waals surface area contributed by atoms with Gasteiger partial charge in [0, 0.05) is 12.6 Å². The number of nitrogens with zero attached hydrogens (tertiary/aromatic N) is 1. The van der Waals surface area contributed by atoms with Crippen molar-refractivity contribution in [3.05, 3.63) is 77.2 Å². The zero-order valence-corrected chi connectivity index (χ0v) is 18.4. The Morgan fingerprint density at radius 2 is 1.74 bits per heavy atom. The van der Waals surface area contributed by atoms with Crippen LogP contribution in [0.15, 0.2) is 75.4 Å². The van der Waals surface area contributed by atoms with Crippen LogP contribution >= 0.6 is 11.3 Å². The second-order valence-corrected chi connectivity index (χ2v) is 9.34. The summed E-state index contributed by atoms with van der Waals surface area (Å²) in [7, 11) is -3.80. The van der Waals surface area contributed by atoms with E-state index in [2.05, 4.69) is 20.6 Å². The molecule has 1 aromatic heterocycles. The van der Waals surface area contributed by atoms with E-state index in [1.54, 1.807) is 54.8 Å². The quantitative estimate of drug-likeness (QED) is 0.371. The standard InChI is InChI=1S/C21H20N4O4S2/c1-14(16-7-5-8-17(13-16)22-15(2)26)23-24-21(27)18-9-3-4-10-19(18)25-31(28,29)20-11-6-12-30-20/h3-13,25H,1-2H3,(H,22,26)(H,24,27)/b23-14+. The van der Waals surface area contributed by atoms with Gasteiger partial charge in [-0.1, -0.05) is 30.3 Å². The number of carbonyl (C=O) groups is 2. The molecule has 31 heavy (non-hydrogen) atoms. The van der Waals surface area contributed by atoms with Gasteiger partial charge in [0.2, 0.25) is 5.91 Å². The van der Waals surface area contributed by atoms with E-state index in [0.717, 1.165) is 11.3 Å². The Labute approximate surface area is 184 Å². The van der Waals surface area contributed by atoms with E-state index in [1.807, 2.05) is 0 Å². The van der Waals surface area contributed by atoms with Crippen molar-refractivity contribution in [2.75, 3.05) is 10.0 Å². The summed E-state index contributed by atoms with van der Waals surface area (Å²) in [6, 6.07) is 16.4. The van der Waals surface area contributed by atoms with Crippen LogP contribution in [0.4, 0.5) is 11.4 Å². The SMILES string of the molecule is CC(=O)Nc1cccc(/C(C)=N/NC(=O)c2ccccc2NS(=O)(=O)c2cccs2)c1. The topological polar surface area (TPSA) is 117 Å². The summed E-state index contributed by atoms with van der Waals surface area (Å²) in [4.78, 5) is 23.9. The van der Waals surface area contributed by atoms with E-state index in [-0.39, 0.29) is 21.4 Å². The average molecular weight is 457 g/mol. The van der Waals surface area contributed by atoms with Gasteiger partial charge in [0.1, 0.15) is 4.21 Å². The number of hydrogen-bond donors (Lipinski definition) is 3. The van der Waals surface area contributed by atoms with Crippen LogP contribution in [0.1, 0.15) is 29.8 Å². The number of carbonyl (C=O) groups excluding carboxylic acids is 2. The predicted molar refractivity (Wildman–Crippen MR) is 122 cm³/mol. The highest BCUT2D eigenvalue weighted by Gasteiger charge is 2.19. The molecule has 0 saturated carbocycles. The van der Waals surface area contributed by atoms with Crippen molar-refractivity contribution in [2.24, 2.45) is 5.10 Å². The molecule has 8 nitrogen and oxygen atoms in total. The second-order valence-electron chi connectivity index (χ2n) is 6.48. The first-order valence-corrected chi connectivity index (χ1v) is 11.5. The van der Waals surface area contributed by atoms with Gasteiger partial charge in [-0.05, 0) is 48.2 Å². The maximum atomic E-state index is 12.7. The minimum atomic E-state index is -3.80. The molecule has 3 rings (SSSR count). The van der Waals surface area contributed by atoms with Gasteiger partial charge in [-0.2, -0.15) is 5.10 Å². The van der Waals surface area contributed by atoms with Gasteiger partial charge in [-0.3, -0.25) is 14.3 Å². The summed E-state index contributed by atoms with van der Waals surface area (Å²) in [5, 5.41) is 8.45. The Balaban J connectivity index is 1.78. The van der Waals surface area contributed by atoms with Crippen molar-refractivity contribution in [1.82, 2.24) is 5.43 Å². The highest BCUT2D eigenvalue weighted by Crippen LogP contribution is 2.23. The zero-order valence-electron chi connectivity index (χ0n) is 16.7. The fourth-order valence-electron chi connectivity index (χ4n) is 2.67. The van der Waals surface area contributed by atoms with Gasteiger partial charge in [0.15, 0.2) is 0 Å². The molecular formula is C21H20N4O4S2. The Bertz CT molecular complexity index is 1240. The second kappa shape index (κ2) is 9.54. The Morgan fingerprint density at radius 1 is 0.968 bits per heavy atom. The van der Waals surface area contributed by atoms with E-state index in [4.69, 9.17) is 0 Å². The molecule has 10 heteroatoms. The normalized spacial score (nSPS) is 11.6. The van der Waals surface area contributed by atoms with Gasteiger partial charge in [-0.15, -0.1) is 11.3 Å². The first-order valence-electron chi connectivity index (χ1n) is 9.14. The first kappa shape index (κ1) is 22.2. The lowest BCUT2D eigenvalue weighted by Gasteiger charge is -2.11. The van der Waals surface area contributed by atoms with Crippen LogP contribution in [0, 0.1) is 0 Å². The Morgan fingerprint density at radius 3 is 2.45 bits per heavy atom. The van der Waals surface area contributed by atoms with Crippen molar-refractivity contribution >= 4 is 50.3 Å². The van der Waals surface area contributed by atoms with Crippen LogP contribution in [-0.4, -0.2) is 25.9 Å². The van der Waals surface area contributed by atoms with E-state index in [9.17, 15) is 18.0 Å². The van der Waals surface area contributed by atoms with E-state index < -0.39 is 15.9 Å². The summed E-state index contributed by atoms with van der Waals surface area (Å²) in [6.45, 7) is 3.12. The van der Waals surface area contributed by atoms with Gasteiger partial charge >= 0.3 is 0 Å². The third-order valence-corrected chi connectivity index (χ3v) is 6.86. The number of amides is 2. The van der Waals surface area contributed by atoms with Gasteiger partial charge in [-0.25, -0.2) is 13.8 Å². The molecule has 0 bridgehead atoms. The molecular weight excluding hydrogens is 436 g/mol. The van der Waals surface area contributed by atoms with Crippen LogP contribution in [0.3, 0.4) is 0 Å². The van der Waals surface area contributed by atoms with Crippen LogP contribution < -0.4 is 15.5 Å². The monoisotopic (exact) mass is 456 g/mol. The van der Waals surface area contributed by atoms with Crippen LogP contribution in [0.25, 0.3) is 0 Å². The molecule has 0 unspecified atom stereocenters. The molecule has 0 saturated heterocycles. The van der Waals surface area contributed by atoms with Crippen LogP contribution in [0.2, 0.25) is 0 Å². The summed E-state index contributed by atoms with van der Waals surface area (Å²) < 4.78 is 27.6. The number of hydrogen-bond acceptors (Lipinski definition) is 6. The summed E-state index contributed by atoms with van der Waals surface area (Å²) in [5.41, 5.74) is 4.55. The smallest absolute Gasteiger partial charge is 0.273 e. The van der Waals surface area contributed by atoms with Crippen LogP contribution in [-0.2, 0) is 14.8 Å². The van der Waals surface area contributed by atoms with Gasteiger partial charge in [0.25, 0.3) is 15.9 Å². The summed E-state index contributed by atoms with van der Waals surface area (Å²) in [5.74, 6) is -0.761. The minimum Gasteiger partial charge on any atom is -0.326 e. The molecule has 0 aliphatic heterocycles. The Hall–Kier alpha value is -3.50. The fraction of sp³-hybridized carbons (Fsp3) is 0.0952. The fourth-order valence-corrected chi connectivity index (χ4v) is 4.74. The average Bonchev–Trinajstić information content (AvgIpc) is 3.27. The number of nitrogens with one attached hydrogen (secondary N) is 3. The van der Waals surface area contributed by atoms with E-state index in [1.165, 1.54) is 25.1 Å². The lowest BCUT2D eigenvalue weighted by atomic mass is 10.1. The number of thiophene rings is 1. The van der Waals surface area contributed by atoms with Crippen molar-refractivity contribution in [3.8, 4) is 0 Å². The van der Waals surface area contributed by atoms with Gasteiger partial charge in [0.05, 0.1) is 17.0 Å². The Kier molecular flexibility index (Phi) is 6.83. The van der Waals surface area contributed by atoms with Crippen LogP contribution in [0.5, 0.6) is 0 Å². The summed E-state index contributed by atoms with van der Waals surface area (Å²) >= 11 is 1.08.